The molecule has 136 valence electrons. The van der Waals surface area contributed by atoms with Crippen molar-refractivity contribution in [1.82, 2.24) is 15.5 Å². The van der Waals surface area contributed by atoms with Crippen LogP contribution in [0.5, 0.6) is 0 Å². The normalized spacial score (nSPS) is 21.8. The molecule has 25 heavy (non-hydrogen) atoms. The van der Waals surface area contributed by atoms with E-state index < -0.39 is 5.82 Å². The number of amides is 2. The standard InChI is InChI=1S/C18H24FN3O3/c19-16-4-2-1-3-15(16)18(24)22-8-5-13(6-9-22)21-17(23)11-14-12-25-10-7-20-14/h1-4,13-14,20H,5-12H2,(H,21,23). The Hall–Kier alpha value is -1.99. The molecule has 2 N–H and O–H groups in total. The highest BCUT2D eigenvalue weighted by atomic mass is 19.1. The van der Waals surface area contributed by atoms with Gasteiger partial charge in [-0.25, -0.2) is 4.39 Å². The third kappa shape index (κ3) is 4.76. The minimum absolute atomic E-state index is 0.00174. The fraction of sp³-hybridized carbons (Fsp3) is 0.556. The van der Waals surface area contributed by atoms with E-state index in [1.54, 1.807) is 17.0 Å². The topological polar surface area (TPSA) is 70.7 Å². The molecule has 2 saturated heterocycles. The lowest BCUT2D eigenvalue weighted by atomic mass is 10.0. The Morgan fingerprint density at radius 2 is 2.04 bits per heavy atom. The highest BCUT2D eigenvalue weighted by Crippen LogP contribution is 2.16. The van der Waals surface area contributed by atoms with E-state index in [0.717, 1.165) is 6.54 Å². The van der Waals surface area contributed by atoms with E-state index >= 15 is 0 Å². The van der Waals surface area contributed by atoms with Crippen molar-refractivity contribution in [2.75, 3.05) is 32.8 Å². The largest absolute Gasteiger partial charge is 0.378 e. The van der Waals surface area contributed by atoms with Gasteiger partial charge in [-0.1, -0.05) is 12.1 Å². The molecule has 0 saturated carbocycles. The first-order valence-electron chi connectivity index (χ1n) is 8.78. The van der Waals surface area contributed by atoms with Crippen LogP contribution >= 0.6 is 0 Å². The first-order chi connectivity index (χ1) is 12.1. The number of piperidine rings is 1. The molecule has 1 aromatic rings. The Kier molecular flexibility index (Phi) is 5.99. The van der Waals surface area contributed by atoms with Crippen molar-refractivity contribution in [2.45, 2.75) is 31.3 Å². The predicted molar refractivity (Wildman–Crippen MR) is 90.7 cm³/mol. The highest BCUT2D eigenvalue weighted by Gasteiger charge is 2.26. The number of likely N-dealkylation sites (tertiary alicyclic amines) is 1. The van der Waals surface area contributed by atoms with Crippen LogP contribution in [0.2, 0.25) is 0 Å². The maximum atomic E-state index is 13.7. The van der Waals surface area contributed by atoms with E-state index in [-0.39, 0.29) is 29.5 Å². The van der Waals surface area contributed by atoms with Gasteiger partial charge in [0.2, 0.25) is 5.91 Å². The molecule has 2 aliphatic heterocycles. The van der Waals surface area contributed by atoms with Gasteiger partial charge in [0.25, 0.3) is 5.91 Å². The lowest BCUT2D eigenvalue weighted by Gasteiger charge is -2.33. The average molecular weight is 349 g/mol. The maximum Gasteiger partial charge on any atom is 0.256 e. The van der Waals surface area contributed by atoms with E-state index in [1.807, 2.05) is 0 Å². The molecule has 0 aliphatic carbocycles. The number of morpholine rings is 1. The molecule has 1 aromatic carbocycles. The molecule has 0 bridgehead atoms. The molecular weight excluding hydrogens is 325 g/mol. The summed E-state index contributed by atoms with van der Waals surface area (Å²) < 4.78 is 19.1. The second-order valence-corrected chi connectivity index (χ2v) is 6.54. The molecule has 2 aliphatic rings. The smallest absolute Gasteiger partial charge is 0.256 e. The van der Waals surface area contributed by atoms with Crippen LogP contribution in [0.15, 0.2) is 24.3 Å². The van der Waals surface area contributed by atoms with E-state index in [4.69, 9.17) is 4.74 Å². The van der Waals surface area contributed by atoms with Crippen molar-refractivity contribution < 1.29 is 18.7 Å². The van der Waals surface area contributed by atoms with Gasteiger partial charge in [0.15, 0.2) is 0 Å². The molecule has 2 amide bonds. The quantitative estimate of drug-likeness (QED) is 0.848. The number of benzene rings is 1. The lowest BCUT2D eigenvalue weighted by Crippen LogP contribution is -2.49. The highest BCUT2D eigenvalue weighted by molar-refractivity contribution is 5.94. The van der Waals surface area contributed by atoms with Crippen LogP contribution in [-0.2, 0) is 9.53 Å². The van der Waals surface area contributed by atoms with Gasteiger partial charge in [0, 0.05) is 38.1 Å². The Morgan fingerprint density at radius 3 is 2.72 bits per heavy atom. The number of hydrogen-bond donors (Lipinski definition) is 2. The summed E-state index contributed by atoms with van der Waals surface area (Å²) in [4.78, 5) is 26.2. The molecule has 0 aromatic heterocycles. The first-order valence-corrected chi connectivity index (χ1v) is 8.78. The number of rotatable bonds is 4. The summed E-state index contributed by atoms with van der Waals surface area (Å²) in [6.45, 7) is 3.05. The molecular formula is C18H24FN3O3. The van der Waals surface area contributed by atoms with E-state index in [2.05, 4.69) is 10.6 Å². The van der Waals surface area contributed by atoms with Crippen molar-refractivity contribution in [3.05, 3.63) is 35.6 Å². The molecule has 6 nitrogen and oxygen atoms in total. The summed E-state index contributed by atoms with van der Waals surface area (Å²) in [7, 11) is 0. The number of nitrogens with zero attached hydrogens (tertiary/aromatic N) is 1. The van der Waals surface area contributed by atoms with Crippen LogP contribution in [0.25, 0.3) is 0 Å². The van der Waals surface area contributed by atoms with Crippen molar-refractivity contribution in [2.24, 2.45) is 0 Å². The second-order valence-electron chi connectivity index (χ2n) is 6.54. The number of nitrogens with one attached hydrogen (secondary N) is 2. The molecule has 0 radical (unpaired) electrons. The summed E-state index contributed by atoms with van der Waals surface area (Å²) >= 11 is 0. The minimum atomic E-state index is -0.495. The molecule has 0 spiro atoms. The van der Waals surface area contributed by atoms with Crippen LogP contribution < -0.4 is 10.6 Å². The van der Waals surface area contributed by atoms with Crippen molar-refractivity contribution in [1.29, 1.82) is 0 Å². The molecule has 2 heterocycles. The van der Waals surface area contributed by atoms with Crippen LogP contribution in [0, 0.1) is 5.82 Å². The maximum absolute atomic E-state index is 13.7. The summed E-state index contributed by atoms with van der Waals surface area (Å²) in [5.41, 5.74) is 0.105. The monoisotopic (exact) mass is 349 g/mol. The van der Waals surface area contributed by atoms with Gasteiger partial charge in [-0.3, -0.25) is 9.59 Å². The Labute approximate surface area is 146 Å². The SMILES string of the molecule is O=C(CC1COCCN1)NC1CCN(C(=O)c2ccccc2F)CC1. The second kappa shape index (κ2) is 8.40. The van der Waals surface area contributed by atoms with Crippen molar-refractivity contribution >= 4 is 11.8 Å². The number of carbonyl (C=O) groups is 2. The zero-order valence-electron chi connectivity index (χ0n) is 14.2. The van der Waals surface area contributed by atoms with Gasteiger partial charge in [0.1, 0.15) is 5.82 Å². The molecule has 2 fully saturated rings. The Morgan fingerprint density at radius 1 is 1.28 bits per heavy atom. The predicted octanol–water partition coefficient (Wildman–Crippen LogP) is 0.925. The molecule has 7 heteroatoms. The molecule has 3 rings (SSSR count). The molecule has 1 unspecified atom stereocenters. The van der Waals surface area contributed by atoms with Crippen molar-refractivity contribution in [3.8, 4) is 0 Å². The zero-order valence-corrected chi connectivity index (χ0v) is 14.2. The third-order valence-corrected chi connectivity index (χ3v) is 4.68. The van der Waals surface area contributed by atoms with Gasteiger partial charge in [0.05, 0.1) is 18.8 Å². The zero-order chi connectivity index (χ0) is 17.6. The number of halogens is 1. The van der Waals surface area contributed by atoms with Crippen LogP contribution in [0.3, 0.4) is 0 Å². The van der Waals surface area contributed by atoms with Gasteiger partial charge in [-0.15, -0.1) is 0 Å². The van der Waals surface area contributed by atoms with E-state index in [0.29, 0.717) is 45.6 Å². The van der Waals surface area contributed by atoms with Crippen LogP contribution in [0.4, 0.5) is 4.39 Å². The summed E-state index contributed by atoms with van der Waals surface area (Å²) in [6.07, 6.45) is 1.76. The minimum Gasteiger partial charge on any atom is -0.378 e. The molecule has 1 atom stereocenters. The summed E-state index contributed by atoms with van der Waals surface area (Å²) in [5.74, 6) is -0.779. The van der Waals surface area contributed by atoms with Crippen molar-refractivity contribution in [3.63, 3.8) is 0 Å². The number of ether oxygens (including phenoxy) is 1. The third-order valence-electron chi connectivity index (χ3n) is 4.68. The fourth-order valence-electron chi connectivity index (χ4n) is 3.29. The average Bonchev–Trinajstić information content (AvgIpc) is 2.63. The Bertz CT molecular complexity index is 611. The number of carbonyl (C=O) groups excluding carboxylic acids is 2. The fourth-order valence-corrected chi connectivity index (χ4v) is 3.29. The Balaban J connectivity index is 1.44. The van der Waals surface area contributed by atoms with Crippen LogP contribution in [-0.4, -0.2) is 61.6 Å². The van der Waals surface area contributed by atoms with E-state index in [1.165, 1.54) is 12.1 Å². The lowest BCUT2D eigenvalue weighted by molar-refractivity contribution is -0.123. The van der Waals surface area contributed by atoms with Gasteiger partial charge < -0.3 is 20.3 Å². The van der Waals surface area contributed by atoms with Crippen LogP contribution in [0.1, 0.15) is 29.6 Å². The summed E-state index contributed by atoms with van der Waals surface area (Å²) in [6, 6.07) is 6.15. The van der Waals surface area contributed by atoms with Gasteiger partial charge >= 0.3 is 0 Å². The van der Waals surface area contributed by atoms with Gasteiger partial charge in [-0.05, 0) is 25.0 Å². The number of hydrogen-bond acceptors (Lipinski definition) is 4. The first kappa shape index (κ1) is 17.8. The van der Waals surface area contributed by atoms with E-state index in [9.17, 15) is 14.0 Å². The van der Waals surface area contributed by atoms with Gasteiger partial charge in [-0.2, -0.15) is 0 Å². The summed E-state index contributed by atoms with van der Waals surface area (Å²) in [5, 5.41) is 6.29.